The van der Waals surface area contributed by atoms with Gasteiger partial charge in [0.05, 0.1) is 59.5 Å². The van der Waals surface area contributed by atoms with Gasteiger partial charge in [-0.2, -0.15) is 0 Å². The Bertz CT molecular complexity index is 4400. The topological polar surface area (TPSA) is 194 Å². The summed E-state index contributed by atoms with van der Waals surface area (Å²) >= 11 is 0. The van der Waals surface area contributed by atoms with Crippen LogP contribution in [0, 0.1) is 13.8 Å². The van der Waals surface area contributed by atoms with Crippen LogP contribution in [0.5, 0.6) is 46.0 Å². The molecule has 17 nitrogen and oxygen atoms in total. The second-order valence-corrected chi connectivity index (χ2v) is 27.7. The van der Waals surface area contributed by atoms with E-state index in [0.29, 0.717) is 52.9 Å². The normalized spacial score (nSPS) is 23.4. The average molecular weight is 1360 g/mol. The highest BCUT2D eigenvalue weighted by Gasteiger charge is 2.35. The Balaban J connectivity index is 0.0000000997. The first-order valence-corrected chi connectivity index (χ1v) is 35.8. The van der Waals surface area contributed by atoms with E-state index in [1.807, 2.05) is 12.1 Å². The molecule has 8 fully saturated rings. The first-order chi connectivity index (χ1) is 49.3. The third-order valence-electron chi connectivity index (χ3n) is 20.0. The third kappa shape index (κ3) is 14.9. The zero-order valence-corrected chi connectivity index (χ0v) is 56.9. The van der Waals surface area contributed by atoms with Gasteiger partial charge < -0.3 is 80.9 Å². The zero-order chi connectivity index (χ0) is 67.0. The lowest BCUT2D eigenvalue weighted by Crippen LogP contribution is -2.13. The maximum atomic E-state index is 9.92. The van der Waals surface area contributed by atoms with Gasteiger partial charge in [0, 0.05) is 87.6 Å². The van der Waals surface area contributed by atoms with E-state index < -0.39 is 0 Å². The number of epoxide rings is 8. The molecule has 1 N–H and O–H groups in total. The minimum atomic E-state index is -0.0343. The summed E-state index contributed by atoms with van der Waals surface area (Å²) in [5, 5.41) is 18.7. The standard InChI is InChI=1S/C21H22O5.2C21H22O4.C20H20O4/c22-8-13-4-3-7-18-19(13)21(26-12-15-10-24-15)17-6-2-1-5-16(17)20(18)25-11-14-9-23-14;1-13-5-4-8-18-19(13)21(25-12-15-10-23-15)17-7-3-2-6-16(17)20(18)24-11-14-9-22-14;1-13-6-7-18-19(8-13)21(25-12-15-10-23-15)17-5-3-2-4-16(17)20(18)24-11-14-9-22-14;1-2-6-16-15(5-1)19(23-11-13-9-21-13)17-7-3-4-8-18(17)20(16)24-12-14-10-22-14/h1-4,7,14-15,22H,5-6,8-12H2;2-5,8,14-15H,6-7,9-12H2,1H3;2-3,6-8,14-15H,4-5,9-12H2,1H3;1-6,13-14H,7-12H2. The molecule has 4 aliphatic carbocycles. The molecule has 8 aromatic carbocycles. The van der Waals surface area contributed by atoms with Crippen LogP contribution in [0.25, 0.3) is 43.1 Å². The van der Waals surface area contributed by atoms with Gasteiger partial charge in [0.25, 0.3) is 0 Å². The molecule has 0 radical (unpaired) electrons. The SMILES string of the molecule is C1=CCc2c(c(OCC3CO3)c3ccccc3c2OCC2CO2)C1.Cc1ccc2c(OCC3CO3)c3c(c(OCC4CO4)c2c1)CC=CC3.Cc1cccc2c(OCC3CO3)c3c(c(OCC4CO4)c12)CC=CC3.OCc1cccc2c(OCC3CO3)c3c(c(OCC4CO4)c12)CC=CC3. The van der Waals surface area contributed by atoms with Gasteiger partial charge in [-0.1, -0.05) is 127 Å². The van der Waals surface area contributed by atoms with Gasteiger partial charge in [-0.05, 0) is 82.4 Å². The fraction of sp³-hybridized carbons (Fsp3) is 0.422. The lowest BCUT2D eigenvalue weighted by atomic mass is 9.89. The Hall–Kier alpha value is -8.20. The van der Waals surface area contributed by atoms with Crippen molar-refractivity contribution in [3.8, 4) is 46.0 Å². The van der Waals surface area contributed by atoms with Crippen molar-refractivity contribution in [3.63, 3.8) is 0 Å². The molecule has 520 valence electrons. The summed E-state index contributed by atoms with van der Waals surface area (Å²) in [5.41, 5.74) is 13.2. The minimum absolute atomic E-state index is 0.0343. The van der Waals surface area contributed by atoms with Crippen molar-refractivity contribution in [2.45, 2.75) is 121 Å². The highest BCUT2D eigenvalue weighted by atomic mass is 16.6. The van der Waals surface area contributed by atoms with Gasteiger partial charge in [-0.25, -0.2) is 0 Å². The molecule has 12 aliphatic rings. The number of ether oxygens (including phenoxy) is 16. The molecule has 8 aromatic rings. The van der Waals surface area contributed by atoms with Gasteiger partial charge in [0.2, 0.25) is 0 Å². The number of aliphatic hydroxyl groups excluding tert-OH is 1. The Kier molecular flexibility index (Phi) is 18.9. The second kappa shape index (κ2) is 29.0. The Labute approximate surface area is 582 Å². The molecule has 0 bridgehead atoms. The fourth-order valence-corrected chi connectivity index (χ4v) is 14.0. The first-order valence-electron chi connectivity index (χ1n) is 35.8. The van der Waals surface area contributed by atoms with Crippen molar-refractivity contribution in [1.29, 1.82) is 0 Å². The number of aliphatic hydroxyl groups is 1. The number of aryl methyl sites for hydroxylation is 2. The predicted octanol–water partition coefficient (Wildman–Crippen LogP) is 12.3. The van der Waals surface area contributed by atoms with Crippen molar-refractivity contribution < 1.29 is 80.9 Å². The van der Waals surface area contributed by atoms with Gasteiger partial charge in [0.15, 0.2) is 0 Å². The molecule has 8 saturated heterocycles. The van der Waals surface area contributed by atoms with E-state index in [4.69, 9.17) is 75.8 Å². The number of fused-ring (bicyclic) bond motifs is 8. The van der Waals surface area contributed by atoms with E-state index in [0.717, 1.165) is 199 Å². The monoisotopic (exact) mass is 1350 g/mol. The summed E-state index contributed by atoms with van der Waals surface area (Å²) in [5.74, 6) is 7.78. The molecule has 0 aromatic heterocycles. The molecular formula is C83H86O17. The molecule has 8 heterocycles. The average Bonchev–Trinajstić information content (AvgIpc) is 1.30. The summed E-state index contributed by atoms with van der Waals surface area (Å²) in [4.78, 5) is 0. The van der Waals surface area contributed by atoms with Crippen molar-refractivity contribution in [1.82, 2.24) is 0 Å². The summed E-state index contributed by atoms with van der Waals surface area (Å²) < 4.78 is 92.4. The molecule has 8 unspecified atom stereocenters. The van der Waals surface area contributed by atoms with Crippen LogP contribution in [-0.4, -0.2) is 160 Å². The van der Waals surface area contributed by atoms with Crippen molar-refractivity contribution in [3.05, 3.63) is 189 Å². The molecule has 0 amide bonds. The molecule has 0 spiro atoms. The molecule has 100 heavy (non-hydrogen) atoms. The largest absolute Gasteiger partial charge is 0.490 e. The van der Waals surface area contributed by atoms with Crippen molar-refractivity contribution in [2.75, 3.05) is 106 Å². The first kappa shape index (κ1) is 65.1. The van der Waals surface area contributed by atoms with Crippen molar-refractivity contribution >= 4 is 43.1 Å². The van der Waals surface area contributed by atoms with Crippen LogP contribution in [0.1, 0.15) is 61.2 Å². The number of hydrogen-bond acceptors (Lipinski definition) is 17. The van der Waals surface area contributed by atoms with Gasteiger partial charge in [-0.15, -0.1) is 0 Å². The van der Waals surface area contributed by atoms with E-state index in [-0.39, 0.29) is 55.4 Å². The smallest absolute Gasteiger partial charge is 0.131 e. The Morgan fingerprint density at radius 1 is 0.290 bits per heavy atom. The minimum Gasteiger partial charge on any atom is -0.490 e. The fourth-order valence-electron chi connectivity index (χ4n) is 14.0. The number of allylic oxidation sites excluding steroid dienone is 8. The van der Waals surface area contributed by atoms with Crippen LogP contribution < -0.4 is 37.9 Å². The predicted molar refractivity (Wildman–Crippen MR) is 379 cm³/mol. The van der Waals surface area contributed by atoms with E-state index in [2.05, 4.69) is 129 Å². The lowest BCUT2D eigenvalue weighted by molar-refractivity contribution is 0.257. The number of hydrogen-bond donors (Lipinski definition) is 1. The molecule has 20 rings (SSSR count). The molecule has 8 atom stereocenters. The van der Waals surface area contributed by atoms with Crippen LogP contribution in [0.3, 0.4) is 0 Å². The number of benzene rings is 8. The van der Waals surface area contributed by atoms with E-state index >= 15 is 0 Å². The van der Waals surface area contributed by atoms with Gasteiger partial charge >= 0.3 is 0 Å². The van der Waals surface area contributed by atoms with Gasteiger partial charge in [-0.3, -0.25) is 0 Å². The molecule has 17 heteroatoms. The zero-order valence-electron chi connectivity index (χ0n) is 56.9. The summed E-state index contributed by atoms with van der Waals surface area (Å²) in [6, 6.07) is 27.2. The van der Waals surface area contributed by atoms with Crippen LogP contribution in [0.15, 0.2) is 127 Å². The van der Waals surface area contributed by atoms with Crippen LogP contribution >= 0.6 is 0 Å². The molecular weight excluding hydrogens is 1270 g/mol. The summed E-state index contributed by atoms with van der Waals surface area (Å²) in [6.07, 6.45) is 26.5. The molecule has 8 aliphatic heterocycles. The quantitative estimate of drug-likeness (QED) is 0.0419. The lowest BCUT2D eigenvalue weighted by Gasteiger charge is -2.24. The number of rotatable bonds is 25. The van der Waals surface area contributed by atoms with Crippen molar-refractivity contribution in [2.24, 2.45) is 0 Å². The van der Waals surface area contributed by atoms with Crippen LogP contribution in [0.2, 0.25) is 0 Å². The van der Waals surface area contributed by atoms with Crippen LogP contribution in [0.4, 0.5) is 0 Å². The molecule has 0 saturated carbocycles. The highest BCUT2D eigenvalue weighted by Crippen LogP contribution is 2.49. The summed E-state index contributed by atoms with van der Waals surface area (Å²) in [7, 11) is 0. The Morgan fingerprint density at radius 3 is 0.880 bits per heavy atom. The van der Waals surface area contributed by atoms with Crippen LogP contribution in [-0.2, 0) is 95.9 Å². The van der Waals surface area contributed by atoms with E-state index in [1.54, 1.807) is 0 Å². The summed E-state index contributed by atoms with van der Waals surface area (Å²) in [6.45, 7) is 15.4. The Morgan fingerprint density at radius 2 is 0.550 bits per heavy atom. The third-order valence-corrected chi connectivity index (χ3v) is 20.0. The van der Waals surface area contributed by atoms with Gasteiger partial charge in [0.1, 0.15) is 148 Å². The van der Waals surface area contributed by atoms with E-state index in [1.165, 1.54) is 55.5 Å². The maximum absolute atomic E-state index is 9.92. The maximum Gasteiger partial charge on any atom is 0.131 e. The van der Waals surface area contributed by atoms with E-state index in [9.17, 15) is 5.11 Å². The highest BCUT2D eigenvalue weighted by molar-refractivity contribution is 6.01. The second-order valence-electron chi connectivity index (χ2n) is 27.7.